The number of carbonyl (C=O) groups excluding carboxylic acids is 1. The number of hydrogen-bond acceptors (Lipinski definition) is 5. The van der Waals surface area contributed by atoms with E-state index < -0.39 is 0 Å². The van der Waals surface area contributed by atoms with E-state index in [1.807, 2.05) is 12.1 Å². The Morgan fingerprint density at radius 2 is 2.26 bits per heavy atom. The van der Waals surface area contributed by atoms with Crippen molar-refractivity contribution in [2.24, 2.45) is 0 Å². The number of nitrogen functional groups attached to an aromatic ring is 1. The molecule has 0 unspecified atom stereocenters. The van der Waals surface area contributed by atoms with E-state index >= 15 is 0 Å². The molecule has 100 valence electrons. The van der Waals surface area contributed by atoms with Gasteiger partial charge in [0.1, 0.15) is 6.33 Å². The minimum Gasteiger partial charge on any atom is -0.397 e. The number of benzene rings is 1. The summed E-state index contributed by atoms with van der Waals surface area (Å²) < 4.78 is 0. The van der Waals surface area contributed by atoms with Crippen molar-refractivity contribution in [3.63, 3.8) is 0 Å². The van der Waals surface area contributed by atoms with Crippen LogP contribution in [0.4, 0.5) is 11.4 Å². The Morgan fingerprint density at radius 1 is 1.42 bits per heavy atom. The van der Waals surface area contributed by atoms with Crippen molar-refractivity contribution in [3.8, 4) is 0 Å². The molecule has 0 aliphatic rings. The first-order valence-electron chi connectivity index (χ1n) is 5.88. The standard InChI is InChI=1S/C12H15N5OS/c13-9-4-1-2-5-10(9)16-11(18)6-3-7-19-12-14-8-15-17-12/h1-2,4-5,8H,3,6-7,13H2,(H,16,18)(H,14,15,17). The van der Waals surface area contributed by atoms with Gasteiger partial charge in [-0.2, -0.15) is 5.10 Å². The third-order valence-electron chi connectivity index (χ3n) is 2.41. The van der Waals surface area contributed by atoms with Crippen molar-refractivity contribution in [2.45, 2.75) is 18.0 Å². The monoisotopic (exact) mass is 277 g/mol. The lowest BCUT2D eigenvalue weighted by molar-refractivity contribution is -0.116. The van der Waals surface area contributed by atoms with Crippen LogP contribution in [0, 0.1) is 0 Å². The highest BCUT2D eigenvalue weighted by Gasteiger charge is 2.05. The van der Waals surface area contributed by atoms with Gasteiger partial charge < -0.3 is 11.1 Å². The van der Waals surface area contributed by atoms with Crippen molar-refractivity contribution in [3.05, 3.63) is 30.6 Å². The van der Waals surface area contributed by atoms with Gasteiger partial charge in [0.2, 0.25) is 5.91 Å². The highest BCUT2D eigenvalue weighted by atomic mass is 32.2. The van der Waals surface area contributed by atoms with E-state index in [2.05, 4.69) is 20.5 Å². The fourth-order valence-corrected chi connectivity index (χ4v) is 2.21. The van der Waals surface area contributed by atoms with Gasteiger partial charge in [-0.25, -0.2) is 4.98 Å². The molecular formula is C12H15N5OS. The van der Waals surface area contributed by atoms with Gasteiger partial charge in [0.05, 0.1) is 11.4 Å². The van der Waals surface area contributed by atoms with Crippen LogP contribution in [0.2, 0.25) is 0 Å². The zero-order chi connectivity index (χ0) is 13.5. The number of rotatable bonds is 6. The van der Waals surface area contributed by atoms with Crippen LogP contribution in [0.25, 0.3) is 0 Å². The number of H-pyrrole nitrogens is 1. The molecule has 6 nitrogen and oxygen atoms in total. The van der Waals surface area contributed by atoms with Gasteiger partial charge >= 0.3 is 0 Å². The first kappa shape index (κ1) is 13.4. The number of carbonyl (C=O) groups is 1. The number of nitrogens with one attached hydrogen (secondary N) is 2. The zero-order valence-corrected chi connectivity index (χ0v) is 11.1. The van der Waals surface area contributed by atoms with Gasteiger partial charge in [0.15, 0.2) is 5.16 Å². The van der Waals surface area contributed by atoms with Crippen LogP contribution in [0.15, 0.2) is 35.7 Å². The fourth-order valence-electron chi connectivity index (χ4n) is 1.49. The second-order valence-corrected chi connectivity index (χ2v) is 4.96. The molecule has 0 aliphatic heterocycles. The third kappa shape index (κ3) is 4.29. The van der Waals surface area contributed by atoms with Crippen LogP contribution in [-0.2, 0) is 4.79 Å². The van der Waals surface area contributed by atoms with Gasteiger partial charge in [-0.05, 0) is 18.6 Å². The second kappa shape index (κ2) is 6.79. The van der Waals surface area contributed by atoms with E-state index in [0.29, 0.717) is 17.8 Å². The Kier molecular flexibility index (Phi) is 4.79. The molecule has 4 N–H and O–H groups in total. The number of anilines is 2. The molecule has 0 bridgehead atoms. The van der Waals surface area contributed by atoms with Crippen LogP contribution in [0.1, 0.15) is 12.8 Å². The normalized spacial score (nSPS) is 10.3. The lowest BCUT2D eigenvalue weighted by atomic mass is 10.2. The highest BCUT2D eigenvalue weighted by molar-refractivity contribution is 7.99. The lowest BCUT2D eigenvalue weighted by Gasteiger charge is -2.07. The molecule has 19 heavy (non-hydrogen) atoms. The predicted molar refractivity (Wildman–Crippen MR) is 75.8 cm³/mol. The van der Waals surface area contributed by atoms with Gasteiger partial charge in [0.25, 0.3) is 0 Å². The molecule has 1 aromatic heterocycles. The number of aromatic nitrogens is 3. The van der Waals surface area contributed by atoms with Crippen molar-refractivity contribution < 1.29 is 4.79 Å². The van der Waals surface area contributed by atoms with Gasteiger partial charge in [-0.15, -0.1) is 0 Å². The Labute approximate surface area is 115 Å². The minimum absolute atomic E-state index is 0.0314. The van der Waals surface area contributed by atoms with Gasteiger partial charge in [-0.3, -0.25) is 9.89 Å². The molecule has 0 radical (unpaired) electrons. The van der Waals surface area contributed by atoms with Crippen molar-refractivity contribution in [1.29, 1.82) is 0 Å². The van der Waals surface area contributed by atoms with Crippen molar-refractivity contribution >= 4 is 29.0 Å². The minimum atomic E-state index is -0.0314. The van der Waals surface area contributed by atoms with Gasteiger partial charge in [0, 0.05) is 12.2 Å². The van der Waals surface area contributed by atoms with E-state index in [0.717, 1.165) is 17.3 Å². The lowest BCUT2D eigenvalue weighted by Crippen LogP contribution is -2.12. The first-order valence-corrected chi connectivity index (χ1v) is 6.87. The number of hydrogen-bond donors (Lipinski definition) is 3. The van der Waals surface area contributed by atoms with E-state index in [9.17, 15) is 4.79 Å². The average molecular weight is 277 g/mol. The third-order valence-corrected chi connectivity index (χ3v) is 3.38. The number of aromatic amines is 1. The average Bonchev–Trinajstić information content (AvgIpc) is 2.91. The SMILES string of the molecule is Nc1ccccc1NC(=O)CCCSc1ncn[nH]1. The summed E-state index contributed by atoms with van der Waals surface area (Å²) in [7, 11) is 0. The molecule has 7 heteroatoms. The fraction of sp³-hybridized carbons (Fsp3) is 0.250. The summed E-state index contributed by atoms with van der Waals surface area (Å²) in [5.41, 5.74) is 6.99. The van der Waals surface area contributed by atoms with E-state index in [1.54, 1.807) is 23.9 Å². The molecule has 0 aliphatic carbocycles. The largest absolute Gasteiger partial charge is 0.397 e. The number of nitrogens with two attached hydrogens (primary N) is 1. The maximum Gasteiger partial charge on any atom is 0.224 e. The summed E-state index contributed by atoms with van der Waals surface area (Å²) in [5, 5.41) is 10.1. The molecule has 0 saturated heterocycles. The summed E-state index contributed by atoms with van der Waals surface area (Å²) in [5.74, 6) is 0.781. The van der Waals surface area contributed by atoms with Crippen LogP contribution < -0.4 is 11.1 Å². The van der Waals surface area contributed by atoms with Crippen LogP contribution in [0.5, 0.6) is 0 Å². The summed E-state index contributed by atoms with van der Waals surface area (Å²) in [4.78, 5) is 15.7. The van der Waals surface area contributed by atoms with E-state index in [4.69, 9.17) is 5.73 Å². The van der Waals surface area contributed by atoms with Crippen LogP contribution in [-0.4, -0.2) is 26.8 Å². The maximum atomic E-state index is 11.7. The first-order chi connectivity index (χ1) is 9.25. The molecule has 0 atom stereocenters. The summed E-state index contributed by atoms with van der Waals surface area (Å²) >= 11 is 1.54. The van der Waals surface area contributed by atoms with Crippen molar-refractivity contribution in [1.82, 2.24) is 15.2 Å². The number of para-hydroxylation sites is 2. The van der Waals surface area contributed by atoms with Gasteiger partial charge in [-0.1, -0.05) is 23.9 Å². The number of amides is 1. The van der Waals surface area contributed by atoms with E-state index in [1.165, 1.54) is 6.33 Å². The summed E-state index contributed by atoms with van der Waals surface area (Å²) in [6.45, 7) is 0. The number of nitrogens with zero attached hydrogens (tertiary/aromatic N) is 2. The van der Waals surface area contributed by atoms with E-state index in [-0.39, 0.29) is 5.91 Å². The topological polar surface area (TPSA) is 96.7 Å². The maximum absolute atomic E-state index is 11.7. The molecular weight excluding hydrogens is 262 g/mol. The molecule has 1 heterocycles. The Balaban J connectivity index is 1.69. The second-order valence-electron chi connectivity index (χ2n) is 3.88. The quantitative estimate of drug-likeness (QED) is 0.425. The Hall–Kier alpha value is -2.02. The Bertz CT molecular complexity index is 529. The molecule has 2 rings (SSSR count). The summed E-state index contributed by atoms with van der Waals surface area (Å²) in [6.07, 6.45) is 2.69. The molecule has 2 aromatic rings. The smallest absolute Gasteiger partial charge is 0.224 e. The predicted octanol–water partition coefficient (Wildman–Crippen LogP) is 1.90. The molecule has 0 fully saturated rings. The van der Waals surface area contributed by atoms with Crippen LogP contribution in [0.3, 0.4) is 0 Å². The molecule has 1 aromatic carbocycles. The molecule has 1 amide bonds. The summed E-state index contributed by atoms with van der Waals surface area (Å²) in [6, 6.07) is 7.22. The van der Waals surface area contributed by atoms with Crippen molar-refractivity contribution in [2.75, 3.05) is 16.8 Å². The Morgan fingerprint density at radius 3 is 3.00 bits per heavy atom. The zero-order valence-electron chi connectivity index (χ0n) is 10.3. The highest BCUT2D eigenvalue weighted by Crippen LogP contribution is 2.17. The molecule has 0 spiro atoms. The molecule has 0 saturated carbocycles. The van der Waals surface area contributed by atoms with Crippen LogP contribution >= 0.6 is 11.8 Å². The number of thioether (sulfide) groups is 1.